The number of methoxy groups -OCH3 is 1. The lowest BCUT2D eigenvalue weighted by atomic mass is 10.1. The lowest BCUT2D eigenvalue weighted by Gasteiger charge is -2.20. The average molecular weight is 272 g/mol. The summed E-state index contributed by atoms with van der Waals surface area (Å²) < 4.78 is 11.5. The van der Waals surface area contributed by atoms with Gasteiger partial charge in [-0.15, -0.1) is 0 Å². The van der Waals surface area contributed by atoms with Gasteiger partial charge in [-0.25, -0.2) is 4.98 Å². The molecule has 2 aromatic rings. The number of rotatable bonds is 4. The molecule has 1 aromatic carbocycles. The fraction of sp³-hybridized carbons (Fsp3) is 0.438. The first-order valence-corrected chi connectivity index (χ1v) is 7.12. The second-order valence-corrected chi connectivity index (χ2v) is 5.25. The number of nitrogens with two attached hydrogens (primary N) is 1. The van der Waals surface area contributed by atoms with Gasteiger partial charge in [0.2, 0.25) is 5.88 Å². The number of fused-ring (bicyclic) bond motifs is 1. The number of hydrogen-bond donors (Lipinski definition) is 1. The summed E-state index contributed by atoms with van der Waals surface area (Å²) in [6.45, 7) is 0.679. The van der Waals surface area contributed by atoms with Gasteiger partial charge in [0.1, 0.15) is 11.9 Å². The molecule has 106 valence electrons. The van der Waals surface area contributed by atoms with Gasteiger partial charge in [0.05, 0.1) is 7.11 Å². The van der Waals surface area contributed by atoms with Crippen LogP contribution in [-0.2, 0) is 0 Å². The van der Waals surface area contributed by atoms with E-state index in [1.807, 2.05) is 24.3 Å². The maximum atomic E-state index is 6.14. The van der Waals surface area contributed by atoms with E-state index in [0.29, 0.717) is 18.3 Å². The third-order valence-corrected chi connectivity index (χ3v) is 4.10. The number of benzene rings is 1. The van der Waals surface area contributed by atoms with Gasteiger partial charge in [-0.3, -0.25) is 0 Å². The maximum Gasteiger partial charge on any atom is 0.221 e. The van der Waals surface area contributed by atoms with Crippen LogP contribution < -0.4 is 15.2 Å². The minimum absolute atomic E-state index is 0.185. The molecule has 1 saturated carbocycles. The second kappa shape index (κ2) is 5.67. The van der Waals surface area contributed by atoms with Gasteiger partial charge in [-0.2, -0.15) is 0 Å². The van der Waals surface area contributed by atoms with Crippen molar-refractivity contribution >= 4 is 10.8 Å². The van der Waals surface area contributed by atoms with Crippen molar-refractivity contribution in [3.05, 3.63) is 30.5 Å². The Bertz CT molecular complexity index is 600. The molecule has 20 heavy (non-hydrogen) atoms. The van der Waals surface area contributed by atoms with Gasteiger partial charge < -0.3 is 15.2 Å². The summed E-state index contributed by atoms with van der Waals surface area (Å²) in [4.78, 5) is 4.40. The summed E-state index contributed by atoms with van der Waals surface area (Å²) in [7, 11) is 1.68. The fourth-order valence-electron chi connectivity index (χ4n) is 2.99. The summed E-state index contributed by atoms with van der Waals surface area (Å²) in [6, 6.07) is 7.89. The van der Waals surface area contributed by atoms with Crippen LogP contribution in [0.3, 0.4) is 0 Å². The van der Waals surface area contributed by atoms with E-state index in [9.17, 15) is 0 Å². The molecule has 0 radical (unpaired) electrons. The third-order valence-electron chi connectivity index (χ3n) is 4.10. The van der Waals surface area contributed by atoms with Crippen molar-refractivity contribution in [2.24, 2.45) is 11.7 Å². The molecule has 0 bridgehead atoms. The van der Waals surface area contributed by atoms with Crippen LogP contribution >= 0.6 is 0 Å². The number of aromatic nitrogens is 1. The van der Waals surface area contributed by atoms with Crippen molar-refractivity contribution < 1.29 is 9.47 Å². The molecule has 0 aliphatic heterocycles. The first-order chi connectivity index (χ1) is 9.83. The summed E-state index contributed by atoms with van der Waals surface area (Å²) in [5.74, 6) is 1.97. The minimum Gasteiger partial charge on any atom is -0.496 e. The Labute approximate surface area is 118 Å². The van der Waals surface area contributed by atoms with E-state index in [0.717, 1.165) is 29.4 Å². The van der Waals surface area contributed by atoms with Crippen LogP contribution in [0.5, 0.6) is 11.6 Å². The predicted molar refractivity (Wildman–Crippen MR) is 79.1 cm³/mol. The number of ether oxygens (including phenoxy) is 2. The monoisotopic (exact) mass is 272 g/mol. The number of nitrogens with zero attached hydrogens (tertiary/aromatic N) is 1. The predicted octanol–water partition coefficient (Wildman–Crippen LogP) is 2.75. The molecule has 1 aliphatic carbocycles. The molecule has 4 heteroatoms. The molecule has 2 unspecified atom stereocenters. The Kier molecular flexibility index (Phi) is 3.74. The van der Waals surface area contributed by atoms with Crippen LogP contribution in [0, 0.1) is 5.92 Å². The van der Waals surface area contributed by atoms with E-state index < -0.39 is 0 Å². The molecule has 4 nitrogen and oxygen atoms in total. The third kappa shape index (κ3) is 2.31. The van der Waals surface area contributed by atoms with Gasteiger partial charge >= 0.3 is 0 Å². The highest BCUT2D eigenvalue weighted by atomic mass is 16.5. The molecule has 1 heterocycles. The van der Waals surface area contributed by atoms with Gasteiger partial charge in [-0.05, 0) is 44.0 Å². The zero-order valence-corrected chi connectivity index (χ0v) is 11.7. The Morgan fingerprint density at radius 1 is 1.25 bits per heavy atom. The average Bonchev–Trinajstić information content (AvgIpc) is 2.94. The highest BCUT2D eigenvalue weighted by molar-refractivity contribution is 5.91. The van der Waals surface area contributed by atoms with Crippen molar-refractivity contribution in [2.75, 3.05) is 13.7 Å². The Morgan fingerprint density at radius 3 is 2.95 bits per heavy atom. The van der Waals surface area contributed by atoms with Gasteiger partial charge in [0.15, 0.2) is 0 Å². The normalized spacial score (nSPS) is 22.1. The van der Waals surface area contributed by atoms with E-state index in [4.69, 9.17) is 15.2 Å². The molecule has 1 aliphatic rings. The second-order valence-electron chi connectivity index (χ2n) is 5.25. The first kappa shape index (κ1) is 13.2. The molecule has 0 saturated heterocycles. The van der Waals surface area contributed by atoms with E-state index >= 15 is 0 Å². The van der Waals surface area contributed by atoms with E-state index in [2.05, 4.69) is 4.98 Å². The highest BCUT2D eigenvalue weighted by Crippen LogP contribution is 2.34. The summed E-state index contributed by atoms with van der Waals surface area (Å²) in [5.41, 5.74) is 5.82. The van der Waals surface area contributed by atoms with Gasteiger partial charge in [-0.1, -0.05) is 6.07 Å². The standard InChI is InChI=1S/C16H20N2O2/c1-19-15-7-3-5-13-12(15)8-9-18-16(13)20-14-6-2-4-11(14)10-17/h3,5,7-9,11,14H,2,4,6,10,17H2,1H3. The molecular formula is C16H20N2O2. The molecule has 2 N–H and O–H groups in total. The zero-order chi connectivity index (χ0) is 13.9. The Morgan fingerprint density at radius 2 is 2.15 bits per heavy atom. The smallest absolute Gasteiger partial charge is 0.221 e. The van der Waals surface area contributed by atoms with E-state index in [-0.39, 0.29) is 6.10 Å². The molecule has 2 atom stereocenters. The molecule has 1 fully saturated rings. The topological polar surface area (TPSA) is 57.4 Å². The molecular weight excluding hydrogens is 252 g/mol. The highest BCUT2D eigenvalue weighted by Gasteiger charge is 2.28. The van der Waals surface area contributed by atoms with Crippen LogP contribution in [0.4, 0.5) is 0 Å². The molecule has 3 rings (SSSR count). The van der Waals surface area contributed by atoms with Crippen LogP contribution in [0.25, 0.3) is 10.8 Å². The molecule has 0 amide bonds. The van der Waals surface area contributed by atoms with Crippen LogP contribution in [0.1, 0.15) is 19.3 Å². The van der Waals surface area contributed by atoms with Gasteiger partial charge in [0, 0.05) is 22.9 Å². The minimum atomic E-state index is 0.185. The summed E-state index contributed by atoms with van der Waals surface area (Å²) in [5, 5.41) is 2.02. The summed E-state index contributed by atoms with van der Waals surface area (Å²) in [6.07, 6.45) is 5.34. The quantitative estimate of drug-likeness (QED) is 0.929. The van der Waals surface area contributed by atoms with E-state index in [1.165, 1.54) is 6.42 Å². The van der Waals surface area contributed by atoms with E-state index in [1.54, 1.807) is 13.3 Å². The fourth-order valence-corrected chi connectivity index (χ4v) is 2.99. The lowest BCUT2D eigenvalue weighted by molar-refractivity contribution is 0.158. The SMILES string of the molecule is COc1cccc2c(OC3CCCC3CN)nccc12. The van der Waals surface area contributed by atoms with Crippen LogP contribution in [0.15, 0.2) is 30.5 Å². The van der Waals surface area contributed by atoms with Crippen molar-refractivity contribution in [1.29, 1.82) is 0 Å². The summed E-state index contributed by atoms with van der Waals surface area (Å²) >= 11 is 0. The Balaban J connectivity index is 1.95. The largest absolute Gasteiger partial charge is 0.496 e. The maximum absolute atomic E-state index is 6.14. The van der Waals surface area contributed by atoms with Crippen LogP contribution in [0.2, 0.25) is 0 Å². The number of pyridine rings is 1. The lowest BCUT2D eigenvalue weighted by Crippen LogP contribution is -2.28. The number of hydrogen-bond acceptors (Lipinski definition) is 4. The van der Waals surface area contributed by atoms with Crippen LogP contribution in [-0.4, -0.2) is 24.7 Å². The zero-order valence-electron chi connectivity index (χ0n) is 11.7. The molecule has 0 spiro atoms. The van der Waals surface area contributed by atoms with Gasteiger partial charge in [0.25, 0.3) is 0 Å². The van der Waals surface area contributed by atoms with Crippen molar-refractivity contribution in [3.63, 3.8) is 0 Å². The Hall–Kier alpha value is -1.81. The van der Waals surface area contributed by atoms with Crippen molar-refractivity contribution in [1.82, 2.24) is 4.98 Å². The first-order valence-electron chi connectivity index (χ1n) is 7.12. The van der Waals surface area contributed by atoms with Crippen molar-refractivity contribution in [2.45, 2.75) is 25.4 Å². The van der Waals surface area contributed by atoms with Crippen molar-refractivity contribution in [3.8, 4) is 11.6 Å². The molecule has 1 aromatic heterocycles.